The SMILES string of the molecule is CCOc1ccc(NC(=NC)NCCC(=O)N2CCCC(C)C2)cc1OC. The number of nitrogens with zero attached hydrogens (tertiary/aromatic N) is 2. The number of rotatable bonds is 7. The molecule has 2 rings (SSSR count). The minimum Gasteiger partial charge on any atom is -0.493 e. The van der Waals surface area contributed by atoms with Crippen molar-refractivity contribution in [1.29, 1.82) is 0 Å². The third kappa shape index (κ3) is 6.34. The number of aliphatic imine (C=N–C) groups is 1. The summed E-state index contributed by atoms with van der Waals surface area (Å²) >= 11 is 0. The van der Waals surface area contributed by atoms with Crippen LogP contribution in [0.4, 0.5) is 5.69 Å². The molecule has 1 saturated heterocycles. The molecule has 0 aromatic heterocycles. The van der Waals surface area contributed by atoms with Gasteiger partial charge in [-0.2, -0.15) is 0 Å². The molecular weight excluding hydrogens is 344 g/mol. The molecule has 0 radical (unpaired) electrons. The molecule has 1 aromatic rings. The van der Waals surface area contributed by atoms with Crippen molar-refractivity contribution in [1.82, 2.24) is 10.2 Å². The standard InChI is InChI=1S/C20H32N4O3/c1-5-27-17-9-8-16(13-18(17)26-4)23-20(21-3)22-11-10-19(25)24-12-6-7-15(2)14-24/h8-9,13,15H,5-7,10-12,14H2,1-4H3,(H2,21,22,23). The van der Waals surface area contributed by atoms with Gasteiger partial charge in [0, 0.05) is 44.9 Å². The Morgan fingerprint density at radius 1 is 1.37 bits per heavy atom. The zero-order valence-electron chi connectivity index (χ0n) is 16.9. The number of carbonyl (C=O) groups excluding carboxylic acids is 1. The number of guanidine groups is 1. The topological polar surface area (TPSA) is 75.2 Å². The molecule has 0 saturated carbocycles. The molecule has 150 valence electrons. The monoisotopic (exact) mass is 376 g/mol. The lowest BCUT2D eigenvalue weighted by molar-refractivity contribution is -0.132. The maximum absolute atomic E-state index is 12.3. The number of hydrogen-bond acceptors (Lipinski definition) is 4. The van der Waals surface area contributed by atoms with Gasteiger partial charge in [0.05, 0.1) is 13.7 Å². The number of methoxy groups -OCH3 is 1. The molecule has 1 unspecified atom stereocenters. The number of benzene rings is 1. The molecular formula is C20H32N4O3. The minimum absolute atomic E-state index is 0.201. The predicted octanol–water partition coefficient (Wildman–Crippen LogP) is 2.73. The molecule has 2 N–H and O–H groups in total. The Labute approximate surface area is 162 Å². The van der Waals surface area contributed by atoms with Crippen molar-refractivity contribution in [2.45, 2.75) is 33.1 Å². The number of hydrogen-bond donors (Lipinski definition) is 2. The van der Waals surface area contributed by atoms with Gasteiger partial charge in [0.15, 0.2) is 17.5 Å². The van der Waals surface area contributed by atoms with Crippen LogP contribution in [0.2, 0.25) is 0 Å². The summed E-state index contributed by atoms with van der Waals surface area (Å²) in [5, 5.41) is 6.41. The van der Waals surface area contributed by atoms with Crippen LogP contribution in [0, 0.1) is 5.92 Å². The smallest absolute Gasteiger partial charge is 0.224 e. The van der Waals surface area contributed by atoms with Crippen LogP contribution in [-0.2, 0) is 4.79 Å². The van der Waals surface area contributed by atoms with Crippen LogP contribution in [0.1, 0.15) is 33.1 Å². The van der Waals surface area contributed by atoms with E-state index >= 15 is 0 Å². The van der Waals surface area contributed by atoms with Crippen molar-refractivity contribution in [3.8, 4) is 11.5 Å². The van der Waals surface area contributed by atoms with Crippen molar-refractivity contribution in [3.63, 3.8) is 0 Å². The molecule has 1 fully saturated rings. The summed E-state index contributed by atoms with van der Waals surface area (Å²) in [4.78, 5) is 18.5. The highest BCUT2D eigenvalue weighted by atomic mass is 16.5. The molecule has 0 bridgehead atoms. The molecule has 1 heterocycles. The first kappa shape index (κ1) is 20.9. The molecule has 27 heavy (non-hydrogen) atoms. The summed E-state index contributed by atoms with van der Waals surface area (Å²) in [6, 6.07) is 5.62. The van der Waals surface area contributed by atoms with E-state index < -0.39 is 0 Å². The Morgan fingerprint density at radius 2 is 2.19 bits per heavy atom. The number of carbonyl (C=O) groups is 1. The Hall–Kier alpha value is -2.44. The van der Waals surface area contributed by atoms with Crippen molar-refractivity contribution in [3.05, 3.63) is 18.2 Å². The van der Waals surface area contributed by atoms with Crippen LogP contribution >= 0.6 is 0 Å². The number of likely N-dealkylation sites (tertiary alicyclic amines) is 1. The van der Waals surface area contributed by atoms with Crippen molar-refractivity contribution >= 4 is 17.6 Å². The van der Waals surface area contributed by atoms with Crippen molar-refractivity contribution < 1.29 is 14.3 Å². The van der Waals surface area contributed by atoms with Gasteiger partial charge in [-0.05, 0) is 37.8 Å². The largest absolute Gasteiger partial charge is 0.493 e. The number of nitrogens with one attached hydrogen (secondary N) is 2. The van der Waals surface area contributed by atoms with Crippen molar-refractivity contribution in [2.75, 3.05) is 45.7 Å². The van der Waals surface area contributed by atoms with Gasteiger partial charge in [-0.15, -0.1) is 0 Å². The van der Waals surface area contributed by atoms with E-state index in [0.717, 1.165) is 25.2 Å². The van der Waals surface area contributed by atoms with Gasteiger partial charge in [-0.3, -0.25) is 9.79 Å². The van der Waals surface area contributed by atoms with Crippen LogP contribution < -0.4 is 20.1 Å². The van der Waals surface area contributed by atoms with Gasteiger partial charge in [-0.1, -0.05) is 6.92 Å². The predicted molar refractivity (Wildman–Crippen MR) is 109 cm³/mol. The summed E-state index contributed by atoms with van der Waals surface area (Å²) in [7, 11) is 3.32. The Morgan fingerprint density at radius 3 is 2.85 bits per heavy atom. The number of anilines is 1. The van der Waals surface area contributed by atoms with E-state index in [2.05, 4.69) is 22.5 Å². The summed E-state index contributed by atoms with van der Waals surface area (Å²) in [6.07, 6.45) is 2.77. The number of ether oxygens (including phenoxy) is 2. The normalized spacial score (nSPS) is 17.4. The van der Waals surface area contributed by atoms with E-state index in [9.17, 15) is 4.79 Å². The third-order valence-electron chi connectivity index (χ3n) is 4.59. The van der Waals surface area contributed by atoms with Crippen LogP contribution in [0.25, 0.3) is 0 Å². The second kappa shape index (κ2) is 10.6. The molecule has 0 spiro atoms. The molecule has 7 nitrogen and oxygen atoms in total. The first-order valence-electron chi connectivity index (χ1n) is 9.63. The molecule has 1 aromatic carbocycles. The zero-order valence-corrected chi connectivity index (χ0v) is 16.9. The molecule has 0 aliphatic carbocycles. The fourth-order valence-electron chi connectivity index (χ4n) is 3.20. The lowest BCUT2D eigenvalue weighted by atomic mass is 10.00. The summed E-state index contributed by atoms with van der Waals surface area (Å²) in [5.41, 5.74) is 0.833. The first-order valence-corrected chi connectivity index (χ1v) is 9.63. The van der Waals surface area contributed by atoms with Crippen molar-refractivity contribution in [2.24, 2.45) is 10.9 Å². The highest BCUT2D eigenvalue weighted by Crippen LogP contribution is 2.30. The fourth-order valence-corrected chi connectivity index (χ4v) is 3.20. The average Bonchev–Trinajstić information content (AvgIpc) is 2.68. The second-order valence-electron chi connectivity index (χ2n) is 6.76. The molecule has 1 aliphatic rings. The van der Waals surface area contributed by atoms with E-state index in [1.807, 2.05) is 30.0 Å². The third-order valence-corrected chi connectivity index (χ3v) is 4.59. The fraction of sp³-hybridized carbons (Fsp3) is 0.600. The maximum Gasteiger partial charge on any atom is 0.224 e. The zero-order chi connectivity index (χ0) is 19.6. The molecule has 1 atom stereocenters. The summed E-state index contributed by atoms with van der Waals surface area (Å²) in [6.45, 7) is 7.01. The maximum atomic E-state index is 12.3. The van der Waals surface area contributed by atoms with E-state index in [1.165, 1.54) is 6.42 Å². The van der Waals surface area contributed by atoms with Gasteiger partial charge in [0.1, 0.15) is 0 Å². The molecule has 1 amide bonds. The van der Waals surface area contributed by atoms with E-state index in [1.54, 1.807) is 14.2 Å². The lowest BCUT2D eigenvalue weighted by Gasteiger charge is -2.31. The Kier molecular flexibility index (Phi) is 8.23. The van der Waals surface area contributed by atoms with Crippen LogP contribution in [0.15, 0.2) is 23.2 Å². The van der Waals surface area contributed by atoms with E-state index in [4.69, 9.17) is 9.47 Å². The summed E-state index contributed by atoms with van der Waals surface area (Å²) in [5.74, 6) is 2.77. The van der Waals surface area contributed by atoms with Gasteiger partial charge >= 0.3 is 0 Å². The van der Waals surface area contributed by atoms with E-state index in [0.29, 0.717) is 42.9 Å². The minimum atomic E-state index is 0.201. The van der Waals surface area contributed by atoms with Gasteiger partial charge in [-0.25, -0.2) is 0 Å². The van der Waals surface area contributed by atoms with Gasteiger partial charge < -0.3 is 25.0 Å². The van der Waals surface area contributed by atoms with Crippen LogP contribution in [-0.4, -0.2) is 57.2 Å². The summed E-state index contributed by atoms with van der Waals surface area (Å²) < 4.78 is 10.9. The number of amides is 1. The Bertz CT molecular complexity index is 648. The highest BCUT2D eigenvalue weighted by Gasteiger charge is 2.20. The molecule has 7 heteroatoms. The number of piperidine rings is 1. The first-order chi connectivity index (χ1) is 13.1. The highest BCUT2D eigenvalue weighted by molar-refractivity contribution is 5.94. The molecule has 1 aliphatic heterocycles. The van der Waals surface area contributed by atoms with Crippen LogP contribution in [0.5, 0.6) is 11.5 Å². The van der Waals surface area contributed by atoms with Gasteiger partial charge in [0.2, 0.25) is 5.91 Å². The van der Waals surface area contributed by atoms with Gasteiger partial charge in [0.25, 0.3) is 0 Å². The van der Waals surface area contributed by atoms with E-state index in [-0.39, 0.29) is 5.91 Å². The second-order valence-corrected chi connectivity index (χ2v) is 6.76. The quantitative estimate of drug-likeness (QED) is 0.565. The average molecular weight is 377 g/mol. The Balaban J connectivity index is 1.84. The van der Waals surface area contributed by atoms with Crippen LogP contribution in [0.3, 0.4) is 0 Å². The lowest BCUT2D eigenvalue weighted by Crippen LogP contribution is -2.41.